The number of nitrogens with zero attached hydrogens (tertiary/aromatic N) is 1. The Hall–Kier alpha value is -0.920. The molecule has 0 spiro atoms. The van der Waals surface area contributed by atoms with Gasteiger partial charge in [0, 0.05) is 17.4 Å². The Bertz CT molecular complexity index is 345. The van der Waals surface area contributed by atoms with Crippen LogP contribution in [0.1, 0.15) is 50.9 Å². The Balaban J connectivity index is 1.99. The van der Waals surface area contributed by atoms with E-state index < -0.39 is 0 Å². The first-order valence-corrected chi connectivity index (χ1v) is 6.99. The predicted molar refractivity (Wildman–Crippen MR) is 73.9 cm³/mol. The fourth-order valence-corrected chi connectivity index (χ4v) is 3.00. The molecule has 96 valence electrons. The van der Waals surface area contributed by atoms with Crippen molar-refractivity contribution >= 4 is 0 Å². The summed E-state index contributed by atoms with van der Waals surface area (Å²) in [4.78, 5) is 0. The van der Waals surface area contributed by atoms with Gasteiger partial charge < -0.3 is 5.43 Å². The second kappa shape index (κ2) is 5.16. The maximum Gasteiger partial charge on any atom is 0.0427 e. The summed E-state index contributed by atoms with van der Waals surface area (Å²) in [6.45, 7) is 9.06. The van der Waals surface area contributed by atoms with E-state index in [0.29, 0.717) is 6.04 Å². The molecule has 1 aliphatic carbocycles. The van der Waals surface area contributed by atoms with Crippen LogP contribution in [-0.4, -0.2) is 10.7 Å². The van der Waals surface area contributed by atoms with Crippen LogP contribution in [-0.2, 0) is 0 Å². The number of hydrogen-bond donors (Lipinski definition) is 1. The molecule has 1 aromatic rings. The summed E-state index contributed by atoms with van der Waals surface area (Å²) in [5.41, 5.74) is 6.33. The molecule has 1 aromatic heterocycles. The Kier molecular flexibility index (Phi) is 3.80. The van der Waals surface area contributed by atoms with Crippen LogP contribution in [0.2, 0.25) is 0 Å². The molecule has 2 unspecified atom stereocenters. The van der Waals surface area contributed by atoms with Gasteiger partial charge in [-0.3, -0.25) is 4.68 Å². The molecular formula is C15H26N2. The van der Waals surface area contributed by atoms with Crippen LogP contribution in [0.5, 0.6) is 0 Å². The number of aryl methyl sites for hydroxylation is 2. The van der Waals surface area contributed by atoms with Gasteiger partial charge in [0.2, 0.25) is 0 Å². The van der Waals surface area contributed by atoms with Gasteiger partial charge in [-0.2, -0.15) is 0 Å². The minimum absolute atomic E-state index is 0.654. The fourth-order valence-electron chi connectivity index (χ4n) is 3.00. The predicted octanol–water partition coefficient (Wildman–Crippen LogP) is 3.86. The summed E-state index contributed by atoms with van der Waals surface area (Å²) in [6.07, 6.45) is 5.44. The Morgan fingerprint density at radius 3 is 2.41 bits per heavy atom. The molecule has 1 aliphatic rings. The Morgan fingerprint density at radius 2 is 1.82 bits per heavy atom. The quantitative estimate of drug-likeness (QED) is 0.840. The highest BCUT2D eigenvalue weighted by Crippen LogP contribution is 2.30. The Morgan fingerprint density at radius 1 is 1.18 bits per heavy atom. The number of hydrogen-bond acceptors (Lipinski definition) is 1. The molecule has 0 aromatic carbocycles. The highest BCUT2D eigenvalue weighted by atomic mass is 15.4. The molecule has 1 heterocycles. The lowest BCUT2D eigenvalue weighted by Crippen LogP contribution is -2.35. The van der Waals surface area contributed by atoms with Gasteiger partial charge in [0.25, 0.3) is 0 Å². The molecule has 2 nitrogen and oxygen atoms in total. The first-order chi connectivity index (χ1) is 8.08. The average molecular weight is 234 g/mol. The summed E-state index contributed by atoms with van der Waals surface area (Å²) < 4.78 is 2.26. The van der Waals surface area contributed by atoms with Gasteiger partial charge in [0.05, 0.1) is 0 Å². The van der Waals surface area contributed by atoms with E-state index in [0.717, 1.165) is 11.8 Å². The molecule has 17 heavy (non-hydrogen) atoms. The van der Waals surface area contributed by atoms with Crippen LogP contribution in [0.4, 0.5) is 0 Å². The van der Waals surface area contributed by atoms with E-state index >= 15 is 0 Å². The fraction of sp³-hybridized carbons (Fsp3) is 0.733. The first kappa shape index (κ1) is 12.5. The molecule has 2 rings (SSSR count). The standard InChI is InChI=1S/C15H26N2/c1-11(2)14-6-5-7-15(10-14)16-17-12(3)8-9-13(17)4/h8-9,11,14-16H,5-7,10H2,1-4H3. The summed E-state index contributed by atoms with van der Waals surface area (Å²) in [7, 11) is 0. The third-order valence-corrected chi connectivity index (χ3v) is 4.24. The summed E-state index contributed by atoms with van der Waals surface area (Å²) >= 11 is 0. The summed E-state index contributed by atoms with van der Waals surface area (Å²) in [5, 5.41) is 0. The SMILES string of the molecule is Cc1ccc(C)n1NC1CCCC(C(C)C)C1. The molecule has 0 radical (unpaired) electrons. The molecule has 1 fully saturated rings. The van der Waals surface area contributed by atoms with Crippen molar-refractivity contribution in [1.29, 1.82) is 0 Å². The van der Waals surface area contributed by atoms with E-state index in [1.54, 1.807) is 0 Å². The van der Waals surface area contributed by atoms with Crippen LogP contribution < -0.4 is 5.43 Å². The molecular weight excluding hydrogens is 208 g/mol. The van der Waals surface area contributed by atoms with E-state index in [1.807, 2.05) is 0 Å². The normalized spacial score (nSPS) is 25.2. The second-order valence-corrected chi connectivity index (χ2v) is 5.95. The average Bonchev–Trinajstić information content (AvgIpc) is 2.61. The van der Waals surface area contributed by atoms with E-state index in [2.05, 4.69) is 49.9 Å². The number of rotatable bonds is 3. The molecule has 1 saturated carbocycles. The van der Waals surface area contributed by atoms with Crippen molar-refractivity contribution in [3.63, 3.8) is 0 Å². The topological polar surface area (TPSA) is 17.0 Å². The smallest absolute Gasteiger partial charge is 0.0427 e. The van der Waals surface area contributed by atoms with Crippen molar-refractivity contribution in [3.8, 4) is 0 Å². The van der Waals surface area contributed by atoms with Gasteiger partial charge in [-0.05, 0) is 50.7 Å². The zero-order valence-electron chi connectivity index (χ0n) is 11.7. The van der Waals surface area contributed by atoms with E-state index in [-0.39, 0.29) is 0 Å². The van der Waals surface area contributed by atoms with Crippen LogP contribution in [0.25, 0.3) is 0 Å². The maximum atomic E-state index is 3.70. The van der Waals surface area contributed by atoms with Crippen LogP contribution >= 0.6 is 0 Å². The van der Waals surface area contributed by atoms with Crippen molar-refractivity contribution in [2.45, 2.75) is 59.4 Å². The molecule has 0 bridgehead atoms. The number of nitrogens with one attached hydrogen (secondary N) is 1. The van der Waals surface area contributed by atoms with E-state index in [9.17, 15) is 0 Å². The molecule has 1 N–H and O–H groups in total. The van der Waals surface area contributed by atoms with Gasteiger partial charge in [-0.25, -0.2) is 0 Å². The minimum Gasteiger partial charge on any atom is -0.323 e. The highest BCUT2D eigenvalue weighted by Gasteiger charge is 2.24. The second-order valence-electron chi connectivity index (χ2n) is 5.95. The van der Waals surface area contributed by atoms with Gasteiger partial charge in [-0.1, -0.05) is 26.7 Å². The lowest BCUT2D eigenvalue weighted by atomic mass is 9.79. The van der Waals surface area contributed by atoms with Gasteiger partial charge in [0.1, 0.15) is 0 Å². The van der Waals surface area contributed by atoms with Crippen LogP contribution in [0.3, 0.4) is 0 Å². The lowest BCUT2D eigenvalue weighted by molar-refractivity contribution is 0.256. The Labute approximate surface area is 105 Å². The molecule has 0 saturated heterocycles. The zero-order chi connectivity index (χ0) is 12.4. The molecule has 2 atom stereocenters. The number of aromatic nitrogens is 1. The molecule has 0 aliphatic heterocycles. The van der Waals surface area contributed by atoms with Crippen LogP contribution in [0, 0.1) is 25.7 Å². The van der Waals surface area contributed by atoms with Gasteiger partial charge in [0.15, 0.2) is 0 Å². The third kappa shape index (κ3) is 2.85. The lowest BCUT2D eigenvalue weighted by Gasteiger charge is -2.33. The van der Waals surface area contributed by atoms with Crippen molar-refractivity contribution in [3.05, 3.63) is 23.5 Å². The summed E-state index contributed by atoms with van der Waals surface area (Å²) in [5.74, 6) is 1.73. The summed E-state index contributed by atoms with van der Waals surface area (Å²) in [6, 6.07) is 5.02. The van der Waals surface area contributed by atoms with Gasteiger partial charge in [-0.15, -0.1) is 0 Å². The van der Waals surface area contributed by atoms with Gasteiger partial charge >= 0.3 is 0 Å². The minimum atomic E-state index is 0.654. The van der Waals surface area contributed by atoms with Crippen molar-refractivity contribution in [2.24, 2.45) is 11.8 Å². The van der Waals surface area contributed by atoms with Crippen LogP contribution in [0.15, 0.2) is 12.1 Å². The zero-order valence-corrected chi connectivity index (χ0v) is 11.7. The van der Waals surface area contributed by atoms with Crippen molar-refractivity contribution < 1.29 is 0 Å². The monoisotopic (exact) mass is 234 g/mol. The van der Waals surface area contributed by atoms with Crippen molar-refractivity contribution in [1.82, 2.24) is 4.68 Å². The molecule has 0 amide bonds. The van der Waals surface area contributed by atoms with Crippen molar-refractivity contribution in [2.75, 3.05) is 5.43 Å². The van der Waals surface area contributed by atoms with E-state index in [1.165, 1.54) is 37.1 Å². The van der Waals surface area contributed by atoms with E-state index in [4.69, 9.17) is 0 Å². The highest BCUT2D eigenvalue weighted by molar-refractivity contribution is 5.16. The first-order valence-electron chi connectivity index (χ1n) is 6.99. The largest absolute Gasteiger partial charge is 0.323 e. The third-order valence-electron chi connectivity index (χ3n) is 4.24. The maximum absolute atomic E-state index is 3.70. The molecule has 2 heteroatoms.